The van der Waals surface area contributed by atoms with Crippen molar-refractivity contribution in [1.82, 2.24) is 0 Å². The van der Waals surface area contributed by atoms with Gasteiger partial charge in [-0.2, -0.15) is 0 Å². The Labute approximate surface area is 137 Å². The van der Waals surface area contributed by atoms with Crippen LogP contribution in [0.4, 0.5) is 0 Å². The number of rotatable bonds is 10. The third kappa shape index (κ3) is 8.70. The van der Waals surface area contributed by atoms with E-state index in [9.17, 15) is 9.59 Å². The van der Waals surface area contributed by atoms with E-state index < -0.39 is 61.9 Å². The van der Waals surface area contributed by atoms with Crippen molar-refractivity contribution < 1.29 is 50.4 Å². The number of aliphatic hydroxyl groups excluding tert-OH is 8. The van der Waals surface area contributed by atoms with Gasteiger partial charge in [0.2, 0.25) is 0 Å². The Morgan fingerprint density at radius 3 is 1.04 bits per heavy atom. The molecule has 0 spiro atoms. The first-order valence-corrected chi connectivity index (χ1v) is 6.80. The van der Waals surface area contributed by atoms with Gasteiger partial charge in [0.1, 0.15) is 49.2 Å². The first-order chi connectivity index (χ1) is 11.1. The minimum atomic E-state index is -1.62. The minimum Gasteiger partial charge on any atom is -0.394 e. The second-order valence-electron chi connectivity index (χ2n) is 4.89. The van der Waals surface area contributed by atoms with Crippen LogP contribution in [0.25, 0.3) is 0 Å². The summed E-state index contributed by atoms with van der Waals surface area (Å²) in [5, 5.41) is 70.3. The predicted molar refractivity (Wildman–Crippen MR) is 78.3 cm³/mol. The van der Waals surface area contributed by atoms with E-state index in [4.69, 9.17) is 52.3 Å². The van der Waals surface area contributed by atoms with Crippen molar-refractivity contribution >= 4 is 12.6 Å². The molecule has 0 aromatic rings. The van der Waals surface area contributed by atoms with Crippen LogP contribution in [0, 0.1) is 0 Å². The Morgan fingerprint density at radius 2 is 0.875 bits per heavy atom. The lowest BCUT2D eigenvalue weighted by molar-refractivity contribution is -0.118. The fourth-order valence-corrected chi connectivity index (χ4v) is 1.29. The van der Waals surface area contributed by atoms with Gasteiger partial charge in [0.15, 0.2) is 0 Å². The van der Waals surface area contributed by atoms with Crippen LogP contribution in [0.3, 0.4) is 0 Å². The number of nitrogens with two attached hydrogens (primary N) is 2. The lowest BCUT2D eigenvalue weighted by Crippen LogP contribution is -2.49. The smallest absolute Gasteiger partial charge is 0.139 e. The molecule has 12 heteroatoms. The molecule has 0 saturated heterocycles. The second kappa shape index (κ2) is 13.3. The highest BCUT2D eigenvalue weighted by Crippen LogP contribution is 2.02. The molecule has 0 fully saturated rings. The highest BCUT2D eigenvalue weighted by molar-refractivity contribution is 5.58. The molecule has 0 unspecified atom stereocenters. The third-order valence-corrected chi connectivity index (χ3v) is 2.97. The van der Waals surface area contributed by atoms with Gasteiger partial charge in [0.05, 0.1) is 25.3 Å². The monoisotopic (exact) mass is 358 g/mol. The molecule has 0 aromatic heterocycles. The number of hydrogen-bond acceptors (Lipinski definition) is 12. The molecular weight excluding hydrogens is 332 g/mol. The van der Waals surface area contributed by atoms with Gasteiger partial charge < -0.3 is 61.9 Å². The Balaban J connectivity index is 0. The van der Waals surface area contributed by atoms with Gasteiger partial charge in [0, 0.05) is 0 Å². The molecule has 0 heterocycles. The summed E-state index contributed by atoms with van der Waals surface area (Å²) in [4.78, 5) is 20.0. The molecule has 24 heavy (non-hydrogen) atoms. The molecule has 0 amide bonds. The quantitative estimate of drug-likeness (QED) is 0.164. The molecular formula is C12H26N2O10. The SMILES string of the molecule is N[C@@H](C=O)[C@@H](O)[C@H](O)[C@H](O)CO.N[C@@H](C=O)[C@@H](O)[C@H](O)[C@H](O)CO. The summed E-state index contributed by atoms with van der Waals surface area (Å²) >= 11 is 0. The molecule has 12 N–H and O–H groups in total. The lowest BCUT2D eigenvalue weighted by atomic mass is 10.0. The standard InChI is InChI=1S/2C6H13NO5/c2*7-3(1-8)5(11)6(12)4(10)2-9/h2*1,3-6,9-12H,2,7H2/t2*3-,4+,5+,6+/m00/s1. The van der Waals surface area contributed by atoms with Crippen molar-refractivity contribution in [1.29, 1.82) is 0 Å². The minimum absolute atomic E-state index is 0.248. The van der Waals surface area contributed by atoms with E-state index in [1.807, 2.05) is 0 Å². The van der Waals surface area contributed by atoms with Crippen molar-refractivity contribution in [3.05, 3.63) is 0 Å². The topological polar surface area (TPSA) is 248 Å². The largest absolute Gasteiger partial charge is 0.394 e. The van der Waals surface area contributed by atoms with E-state index in [1.54, 1.807) is 0 Å². The molecule has 0 bridgehead atoms. The van der Waals surface area contributed by atoms with E-state index in [0.29, 0.717) is 0 Å². The molecule has 0 rings (SSSR count). The van der Waals surface area contributed by atoms with Crippen molar-refractivity contribution in [2.75, 3.05) is 13.2 Å². The molecule has 8 atom stereocenters. The van der Waals surface area contributed by atoms with Crippen LogP contribution in [0.2, 0.25) is 0 Å². The third-order valence-electron chi connectivity index (χ3n) is 2.97. The normalized spacial score (nSPS) is 21.1. The van der Waals surface area contributed by atoms with E-state index in [0.717, 1.165) is 0 Å². The zero-order valence-corrected chi connectivity index (χ0v) is 12.7. The number of carbonyl (C=O) groups is 2. The van der Waals surface area contributed by atoms with E-state index in [2.05, 4.69) is 0 Å². The number of aldehydes is 2. The number of aliphatic hydroxyl groups is 8. The van der Waals surface area contributed by atoms with Crippen LogP contribution >= 0.6 is 0 Å². The molecule has 0 aliphatic rings. The Morgan fingerprint density at radius 1 is 0.625 bits per heavy atom. The Kier molecular flexibility index (Phi) is 13.9. The summed E-state index contributed by atoms with van der Waals surface area (Å²) < 4.78 is 0. The summed E-state index contributed by atoms with van der Waals surface area (Å²) in [6.07, 6.45) is -8.85. The molecule has 0 saturated carbocycles. The maximum atomic E-state index is 10.0. The number of hydrogen-bond donors (Lipinski definition) is 10. The molecule has 0 radical (unpaired) electrons. The summed E-state index contributed by atoms with van der Waals surface area (Å²) in [5.74, 6) is 0. The van der Waals surface area contributed by atoms with Crippen LogP contribution in [0.1, 0.15) is 0 Å². The molecule has 0 aliphatic heterocycles. The summed E-state index contributed by atoms with van der Waals surface area (Å²) in [5.41, 5.74) is 10.1. The zero-order chi connectivity index (χ0) is 19.4. The average molecular weight is 358 g/mol. The lowest BCUT2D eigenvalue weighted by Gasteiger charge is -2.23. The molecule has 0 aliphatic carbocycles. The van der Waals surface area contributed by atoms with Crippen molar-refractivity contribution in [2.45, 2.75) is 48.7 Å². The van der Waals surface area contributed by atoms with Crippen LogP contribution in [-0.4, -0.2) is 115 Å². The average Bonchev–Trinajstić information content (AvgIpc) is 2.62. The Hall–Kier alpha value is -1.06. The van der Waals surface area contributed by atoms with Gasteiger partial charge in [-0.15, -0.1) is 0 Å². The maximum absolute atomic E-state index is 10.0. The number of carbonyl (C=O) groups excluding carboxylic acids is 2. The van der Waals surface area contributed by atoms with E-state index >= 15 is 0 Å². The summed E-state index contributed by atoms with van der Waals surface area (Å²) in [6, 6.07) is -2.53. The second-order valence-corrected chi connectivity index (χ2v) is 4.89. The molecule has 0 aromatic carbocycles. The van der Waals surface area contributed by atoms with Crippen molar-refractivity contribution in [3.63, 3.8) is 0 Å². The highest BCUT2D eigenvalue weighted by Gasteiger charge is 2.29. The molecule has 12 nitrogen and oxygen atoms in total. The fraction of sp³-hybridized carbons (Fsp3) is 0.833. The van der Waals surface area contributed by atoms with Gasteiger partial charge in [0.25, 0.3) is 0 Å². The first-order valence-electron chi connectivity index (χ1n) is 6.80. The fourth-order valence-electron chi connectivity index (χ4n) is 1.29. The van der Waals surface area contributed by atoms with Crippen molar-refractivity contribution in [3.8, 4) is 0 Å². The van der Waals surface area contributed by atoms with E-state index in [-0.39, 0.29) is 12.6 Å². The van der Waals surface area contributed by atoms with Crippen molar-refractivity contribution in [2.24, 2.45) is 11.5 Å². The van der Waals surface area contributed by atoms with Crippen LogP contribution in [-0.2, 0) is 9.59 Å². The highest BCUT2D eigenvalue weighted by atomic mass is 16.4. The van der Waals surface area contributed by atoms with E-state index in [1.165, 1.54) is 0 Å². The maximum Gasteiger partial charge on any atom is 0.139 e. The predicted octanol–water partition coefficient (Wildman–Crippen LogP) is -6.82. The van der Waals surface area contributed by atoms with Gasteiger partial charge in [-0.3, -0.25) is 0 Å². The van der Waals surface area contributed by atoms with Gasteiger partial charge in [-0.05, 0) is 0 Å². The Bertz CT molecular complexity index is 316. The van der Waals surface area contributed by atoms with Gasteiger partial charge >= 0.3 is 0 Å². The summed E-state index contributed by atoms with van der Waals surface area (Å²) in [7, 11) is 0. The molecule has 144 valence electrons. The van der Waals surface area contributed by atoms with Crippen LogP contribution in [0.15, 0.2) is 0 Å². The summed E-state index contributed by atoms with van der Waals surface area (Å²) in [6.45, 7) is -1.41. The zero-order valence-electron chi connectivity index (χ0n) is 12.7. The van der Waals surface area contributed by atoms with Crippen LogP contribution in [0.5, 0.6) is 0 Å². The first kappa shape index (κ1) is 25.2. The van der Waals surface area contributed by atoms with Gasteiger partial charge in [-0.25, -0.2) is 0 Å². The van der Waals surface area contributed by atoms with Gasteiger partial charge in [-0.1, -0.05) is 0 Å². The van der Waals surface area contributed by atoms with Crippen LogP contribution < -0.4 is 11.5 Å².